The number of carbonyl (C=O) groups excluding carboxylic acids is 1. The molecule has 8 heteroatoms. The quantitative estimate of drug-likeness (QED) is 0.335. The first-order valence-corrected chi connectivity index (χ1v) is 16.7. The SMILES string of the molecule is N[C@@H](C(=O)N1CCN(Cc2c(F)cccc2N2CCCC2)CC1)C1CCN(CCc2cc(Cl)ccc2-c2ccccc2)CC1. The second-order valence-corrected chi connectivity index (χ2v) is 13.1. The van der Waals surface area contributed by atoms with Gasteiger partial charge < -0.3 is 20.4 Å². The van der Waals surface area contributed by atoms with E-state index in [2.05, 4.69) is 51.1 Å². The van der Waals surface area contributed by atoms with Gasteiger partial charge in [0, 0.05) is 68.6 Å². The van der Waals surface area contributed by atoms with Crippen molar-refractivity contribution in [2.45, 2.75) is 44.7 Å². The molecule has 3 saturated heterocycles. The number of piperazine rings is 1. The summed E-state index contributed by atoms with van der Waals surface area (Å²) >= 11 is 6.37. The molecule has 0 aliphatic carbocycles. The van der Waals surface area contributed by atoms with Crippen LogP contribution in [0.2, 0.25) is 5.02 Å². The average molecular weight is 618 g/mol. The van der Waals surface area contributed by atoms with Gasteiger partial charge in [0.1, 0.15) is 5.82 Å². The molecule has 6 rings (SSSR count). The van der Waals surface area contributed by atoms with E-state index < -0.39 is 6.04 Å². The van der Waals surface area contributed by atoms with Crippen molar-refractivity contribution in [1.82, 2.24) is 14.7 Å². The largest absolute Gasteiger partial charge is 0.371 e. The van der Waals surface area contributed by atoms with Crippen LogP contribution in [0, 0.1) is 11.7 Å². The van der Waals surface area contributed by atoms with Crippen LogP contribution in [0.5, 0.6) is 0 Å². The van der Waals surface area contributed by atoms with E-state index in [4.69, 9.17) is 17.3 Å². The van der Waals surface area contributed by atoms with Crippen molar-refractivity contribution in [2.24, 2.45) is 11.7 Å². The highest BCUT2D eigenvalue weighted by Crippen LogP contribution is 2.30. The monoisotopic (exact) mass is 617 g/mol. The molecule has 1 amide bonds. The summed E-state index contributed by atoms with van der Waals surface area (Å²) in [6.45, 7) is 8.17. The summed E-state index contributed by atoms with van der Waals surface area (Å²) in [7, 11) is 0. The van der Waals surface area contributed by atoms with Gasteiger partial charge in [0.05, 0.1) is 6.04 Å². The number of nitrogens with two attached hydrogens (primary N) is 1. The molecular formula is C36H45ClFN5O. The van der Waals surface area contributed by atoms with E-state index in [0.29, 0.717) is 19.6 Å². The van der Waals surface area contributed by atoms with Crippen molar-refractivity contribution >= 4 is 23.2 Å². The fraction of sp³-hybridized carbons (Fsp3) is 0.472. The molecule has 3 aromatic rings. The van der Waals surface area contributed by atoms with Gasteiger partial charge in [0.2, 0.25) is 5.91 Å². The van der Waals surface area contributed by atoms with Crippen LogP contribution >= 0.6 is 11.6 Å². The summed E-state index contributed by atoms with van der Waals surface area (Å²) in [6, 6.07) is 21.6. The second kappa shape index (κ2) is 14.4. The Labute approximate surface area is 266 Å². The predicted octanol–water partition coefficient (Wildman–Crippen LogP) is 5.67. The van der Waals surface area contributed by atoms with Gasteiger partial charge in [-0.1, -0.05) is 54.1 Å². The molecule has 0 aromatic heterocycles. The zero-order valence-corrected chi connectivity index (χ0v) is 26.4. The number of amides is 1. The molecule has 234 valence electrons. The normalized spacial score (nSPS) is 19.4. The van der Waals surface area contributed by atoms with Crippen molar-refractivity contribution in [3.63, 3.8) is 0 Å². The highest BCUT2D eigenvalue weighted by molar-refractivity contribution is 6.30. The van der Waals surface area contributed by atoms with Crippen molar-refractivity contribution in [2.75, 3.05) is 63.8 Å². The fourth-order valence-electron chi connectivity index (χ4n) is 7.20. The molecular weight excluding hydrogens is 573 g/mol. The summed E-state index contributed by atoms with van der Waals surface area (Å²) in [5.74, 6) is 0.132. The van der Waals surface area contributed by atoms with Gasteiger partial charge in [0.15, 0.2) is 0 Å². The van der Waals surface area contributed by atoms with Crippen LogP contribution in [-0.4, -0.2) is 85.6 Å². The zero-order chi connectivity index (χ0) is 30.5. The summed E-state index contributed by atoms with van der Waals surface area (Å²) in [6.07, 6.45) is 5.11. The minimum absolute atomic E-state index is 0.0678. The average Bonchev–Trinajstić information content (AvgIpc) is 3.60. The van der Waals surface area contributed by atoms with Crippen LogP contribution < -0.4 is 10.6 Å². The molecule has 3 aromatic carbocycles. The summed E-state index contributed by atoms with van der Waals surface area (Å²) in [4.78, 5) is 22.4. The third-order valence-corrected chi connectivity index (χ3v) is 10.1. The Bertz CT molecular complexity index is 1400. The van der Waals surface area contributed by atoms with Crippen molar-refractivity contribution < 1.29 is 9.18 Å². The summed E-state index contributed by atoms with van der Waals surface area (Å²) in [5.41, 5.74) is 12.1. The van der Waals surface area contributed by atoms with E-state index in [1.54, 1.807) is 6.07 Å². The lowest BCUT2D eigenvalue weighted by Crippen LogP contribution is -2.55. The number of rotatable bonds is 9. The van der Waals surface area contributed by atoms with Crippen LogP contribution in [0.15, 0.2) is 66.7 Å². The third-order valence-electron chi connectivity index (χ3n) is 9.88. The number of hydrogen-bond donors (Lipinski definition) is 1. The van der Waals surface area contributed by atoms with Crippen LogP contribution in [0.3, 0.4) is 0 Å². The molecule has 3 aliphatic heterocycles. The minimum atomic E-state index is -0.463. The Morgan fingerprint density at radius 3 is 2.32 bits per heavy atom. The Morgan fingerprint density at radius 2 is 1.59 bits per heavy atom. The van der Waals surface area contributed by atoms with Crippen molar-refractivity contribution in [1.29, 1.82) is 0 Å². The van der Waals surface area contributed by atoms with Crippen molar-refractivity contribution in [3.8, 4) is 11.1 Å². The number of carbonyl (C=O) groups is 1. The highest BCUT2D eigenvalue weighted by Gasteiger charge is 2.33. The Morgan fingerprint density at radius 1 is 0.864 bits per heavy atom. The first-order valence-electron chi connectivity index (χ1n) is 16.3. The molecule has 3 aliphatic rings. The van der Waals surface area contributed by atoms with Gasteiger partial charge in [-0.15, -0.1) is 0 Å². The number of anilines is 1. The maximum atomic E-state index is 14.9. The number of likely N-dealkylation sites (tertiary alicyclic amines) is 1. The zero-order valence-electron chi connectivity index (χ0n) is 25.6. The lowest BCUT2D eigenvalue weighted by Gasteiger charge is -2.39. The van der Waals surface area contributed by atoms with Gasteiger partial charge in [-0.25, -0.2) is 4.39 Å². The predicted molar refractivity (Wildman–Crippen MR) is 177 cm³/mol. The number of halogens is 2. The Balaban J connectivity index is 0.969. The molecule has 1 atom stereocenters. The standard InChI is InChI=1S/C36H45ClFN5O/c37-30-11-12-31(27-7-2-1-3-8-27)29(25-30)15-20-40-18-13-28(14-19-40)35(39)36(44)43-23-21-41(22-24-43)26-32-33(38)9-6-10-34(32)42-16-4-5-17-42/h1-3,6-12,25,28,35H,4-5,13-24,26,39H2/t35-/m1/s1. The molecule has 2 N–H and O–H groups in total. The van der Waals surface area contributed by atoms with Gasteiger partial charge in [-0.3, -0.25) is 9.69 Å². The van der Waals surface area contributed by atoms with E-state index in [9.17, 15) is 9.18 Å². The van der Waals surface area contributed by atoms with E-state index in [-0.39, 0.29) is 17.6 Å². The second-order valence-electron chi connectivity index (χ2n) is 12.7. The maximum absolute atomic E-state index is 14.9. The number of benzene rings is 3. The molecule has 0 radical (unpaired) electrons. The van der Waals surface area contributed by atoms with Gasteiger partial charge >= 0.3 is 0 Å². The molecule has 3 heterocycles. The minimum Gasteiger partial charge on any atom is -0.371 e. The van der Waals surface area contributed by atoms with Crippen molar-refractivity contribution in [3.05, 3.63) is 88.7 Å². The van der Waals surface area contributed by atoms with Crippen LogP contribution in [0.25, 0.3) is 11.1 Å². The number of hydrogen-bond acceptors (Lipinski definition) is 5. The Hall–Kier alpha value is -2.97. The van der Waals surface area contributed by atoms with Crippen LogP contribution in [0.1, 0.15) is 36.8 Å². The van der Waals surface area contributed by atoms with Gasteiger partial charge in [0.25, 0.3) is 0 Å². The summed E-state index contributed by atoms with van der Waals surface area (Å²) in [5, 5.41) is 0.766. The van der Waals surface area contributed by atoms with Crippen LogP contribution in [-0.2, 0) is 17.8 Å². The molecule has 0 saturated carbocycles. The van der Waals surface area contributed by atoms with Gasteiger partial charge in [-0.2, -0.15) is 0 Å². The van der Waals surface area contributed by atoms with Gasteiger partial charge in [-0.05, 0) is 92.1 Å². The first-order chi connectivity index (χ1) is 21.5. The van der Waals surface area contributed by atoms with Crippen LogP contribution in [0.4, 0.5) is 10.1 Å². The first kappa shape index (κ1) is 31.0. The maximum Gasteiger partial charge on any atom is 0.239 e. The number of nitrogens with zero attached hydrogens (tertiary/aromatic N) is 4. The molecule has 0 bridgehead atoms. The summed E-state index contributed by atoms with van der Waals surface area (Å²) < 4.78 is 14.9. The Kier molecular flexibility index (Phi) is 10.2. The number of piperidine rings is 1. The topological polar surface area (TPSA) is 56.1 Å². The molecule has 44 heavy (non-hydrogen) atoms. The van der Waals surface area contributed by atoms with E-state index in [1.807, 2.05) is 29.2 Å². The third kappa shape index (κ3) is 7.28. The molecule has 6 nitrogen and oxygen atoms in total. The molecule has 0 unspecified atom stereocenters. The fourth-order valence-corrected chi connectivity index (χ4v) is 7.40. The smallest absolute Gasteiger partial charge is 0.239 e. The van der Waals surface area contributed by atoms with E-state index in [0.717, 1.165) is 94.2 Å². The lowest BCUT2D eigenvalue weighted by molar-refractivity contribution is -0.136. The lowest BCUT2D eigenvalue weighted by atomic mass is 9.88. The van der Waals surface area contributed by atoms with E-state index in [1.165, 1.54) is 16.7 Å². The molecule has 3 fully saturated rings. The molecule has 0 spiro atoms. The highest BCUT2D eigenvalue weighted by atomic mass is 35.5. The van der Waals surface area contributed by atoms with E-state index >= 15 is 0 Å².